The fourth-order valence-corrected chi connectivity index (χ4v) is 2.46. The van der Waals surface area contributed by atoms with Crippen molar-refractivity contribution in [3.05, 3.63) is 30.1 Å². The largest absolute Gasteiger partial charge is 0.398 e. The number of nitrogen functional groups attached to an aromatic ring is 1. The van der Waals surface area contributed by atoms with E-state index < -0.39 is 0 Å². The van der Waals surface area contributed by atoms with Crippen LogP contribution in [0, 0.1) is 12.8 Å². The molecule has 2 rings (SSSR count). The van der Waals surface area contributed by atoms with Crippen molar-refractivity contribution in [2.45, 2.75) is 27.7 Å². The Kier molecular flexibility index (Phi) is 3.93. The van der Waals surface area contributed by atoms with Crippen LogP contribution in [0.3, 0.4) is 0 Å². The van der Waals surface area contributed by atoms with Crippen LogP contribution in [0.5, 0.6) is 0 Å². The lowest BCUT2D eigenvalue weighted by Crippen LogP contribution is -2.27. The highest BCUT2D eigenvalue weighted by Crippen LogP contribution is 2.31. The molecule has 0 bridgehead atoms. The van der Waals surface area contributed by atoms with Gasteiger partial charge >= 0.3 is 0 Å². The third-order valence-corrected chi connectivity index (χ3v) is 3.36. The molecule has 1 aromatic carbocycles. The van der Waals surface area contributed by atoms with Gasteiger partial charge in [-0.15, -0.1) is 0 Å². The van der Waals surface area contributed by atoms with Crippen LogP contribution in [-0.4, -0.2) is 18.1 Å². The van der Waals surface area contributed by atoms with Gasteiger partial charge in [-0.1, -0.05) is 13.8 Å². The third-order valence-electron chi connectivity index (χ3n) is 3.36. The first-order valence-electron chi connectivity index (χ1n) is 6.92. The van der Waals surface area contributed by atoms with Gasteiger partial charge < -0.3 is 10.6 Å². The van der Waals surface area contributed by atoms with E-state index in [4.69, 9.17) is 5.73 Å². The quantitative estimate of drug-likeness (QED) is 0.851. The smallest absolute Gasteiger partial charge is 0.0448 e. The van der Waals surface area contributed by atoms with Crippen LogP contribution in [0.4, 0.5) is 11.4 Å². The topological polar surface area (TPSA) is 42.1 Å². The van der Waals surface area contributed by atoms with E-state index in [0.717, 1.165) is 29.9 Å². The highest BCUT2D eigenvalue weighted by Gasteiger charge is 2.12. The lowest BCUT2D eigenvalue weighted by molar-refractivity contribution is 0.620. The number of nitrogens with two attached hydrogens (primary N) is 1. The van der Waals surface area contributed by atoms with Crippen molar-refractivity contribution in [1.29, 1.82) is 0 Å². The molecule has 102 valence electrons. The van der Waals surface area contributed by atoms with Gasteiger partial charge in [0.05, 0.1) is 0 Å². The Balaban J connectivity index is 2.59. The summed E-state index contributed by atoms with van der Waals surface area (Å²) in [6.45, 7) is 10.8. The van der Waals surface area contributed by atoms with Gasteiger partial charge in [0.1, 0.15) is 0 Å². The van der Waals surface area contributed by atoms with Crippen LogP contribution in [0.1, 0.15) is 26.5 Å². The zero-order valence-corrected chi connectivity index (χ0v) is 12.3. The van der Waals surface area contributed by atoms with E-state index >= 15 is 0 Å². The minimum absolute atomic E-state index is 0.635. The highest BCUT2D eigenvalue weighted by molar-refractivity contribution is 6.01. The number of anilines is 2. The first kappa shape index (κ1) is 13.7. The molecule has 0 saturated heterocycles. The molecule has 0 radical (unpaired) electrons. The van der Waals surface area contributed by atoms with Crippen molar-refractivity contribution < 1.29 is 0 Å². The first-order valence-corrected chi connectivity index (χ1v) is 6.92. The number of pyridine rings is 1. The lowest BCUT2D eigenvalue weighted by Gasteiger charge is -2.27. The van der Waals surface area contributed by atoms with E-state index in [1.54, 1.807) is 0 Å². The molecule has 3 heteroatoms. The van der Waals surface area contributed by atoms with E-state index in [-0.39, 0.29) is 0 Å². The van der Waals surface area contributed by atoms with Gasteiger partial charge in [-0.2, -0.15) is 0 Å². The summed E-state index contributed by atoms with van der Waals surface area (Å²) >= 11 is 0. The Morgan fingerprint density at radius 2 is 2.00 bits per heavy atom. The van der Waals surface area contributed by atoms with E-state index in [1.165, 1.54) is 11.1 Å². The van der Waals surface area contributed by atoms with E-state index in [2.05, 4.69) is 42.8 Å². The number of rotatable bonds is 4. The molecule has 0 saturated carbocycles. The summed E-state index contributed by atoms with van der Waals surface area (Å²) in [6.07, 6.45) is 1.88. The van der Waals surface area contributed by atoms with Gasteiger partial charge in [-0.05, 0) is 38.0 Å². The summed E-state index contributed by atoms with van der Waals surface area (Å²) in [4.78, 5) is 6.77. The molecule has 0 aliphatic rings. The standard InChI is InChI=1S/C16H23N3/c1-5-19(10-11(2)3)16-7-6-15(17)14-9-18-12(4)8-13(14)16/h6-9,11H,5,10,17H2,1-4H3. The molecule has 0 aliphatic carbocycles. The second-order valence-electron chi connectivity index (χ2n) is 5.48. The molecular weight excluding hydrogens is 234 g/mol. The molecule has 0 atom stereocenters. The van der Waals surface area contributed by atoms with Crippen molar-refractivity contribution in [2.75, 3.05) is 23.7 Å². The summed E-state index contributed by atoms with van der Waals surface area (Å²) in [5, 5.41) is 2.25. The minimum atomic E-state index is 0.635. The molecule has 3 nitrogen and oxygen atoms in total. The lowest BCUT2D eigenvalue weighted by atomic mass is 10.1. The fourth-order valence-electron chi connectivity index (χ4n) is 2.46. The maximum absolute atomic E-state index is 6.06. The fraction of sp³-hybridized carbons (Fsp3) is 0.438. The first-order chi connectivity index (χ1) is 9.02. The highest BCUT2D eigenvalue weighted by atomic mass is 15.1. The van der Waals surface area contributed by atoms with Gasteiger partial charge in [0.2, 0.25) is 0 Å². The Hall–Kier alpha value is -1.77. The third kappa shape index (κ3) is 2.80. The molecule has 0 amide bonds. The summed E-state index contributed by atoms with van der Waals surface area (Å²) < 4.78 is 0. The SMILES string of the molecule is CCN(CC(C)C)c1ccc(N)c2cnc(C)cc12. The van der Waals surface area contributed by atoms with Crippen LogP contribution in [0.25, 0.3) is 10.8 Å². The van der Waals surface area contributed by atoms with Gasteiger partial charge in [0.25, 0.3) is 0 Å². The van der Waals surface area contributed by atoms with Gasteiger partial charge in [0, 0.05) is 47.1 Å². The predicted molar refractivity (Wildman–Crippen MR) is 83.6 cm³/mol. The van der Waals surface area contributed by atoms with Gasteiger partial charge in [-0.3, -0.25) is 4.98 Å². The number of aromatic nitrogens is 1. The minimum Gasteiger partial charge on any atom is -0.398 e. The monoisotopic (exact) mass is 257 g/mol. The molecule has 0 aliphatic heterocycles. The van der Waals surface area contributed by atoms with Crippen molar-refractivity contribution in [1.82, 2.24) is 4.98 Å². The maximum Gasteiger partial charge on any atom is 0.0448 e. The number of nitrogens with zero attached hydrogens (tertiary/aromatic N) is 2. The molecule has 1 aromatic heterocycles. The summed E-state index contributed by atoms with van der Waals surface area (Å²) in [7, 11) is 0. The number of benzene rings is 1. The summed E-state index contributed by atoms with van der Waals surface area (Å²) in [5.74, 6) is 0.635. The van der Waals surface area contributed by atoms with Gasteiger partial charge in [-0.25, -0.2) is 0 Å². The molecule has 1 heterocycles. The number of fused-ring (bicyclic) bond motifs is 1. The molecule has 2 aromatic rings. The summed E-state index contributed by atoms with van der Waals surface area (Å²) in [6, 6.07) is 6.24. The van der Waals surface area contributed by atoms with Crippen LogP contribution < -0.4 is 10.6 Å². The molecule has 2 N–H and O–H groups in total. The number of aryl methyl sites for hydroxylation is 1. The van der Waals surface area contributed by atoms with E-state index in [9.17, 15) is 0 Å². The van der Waals surface area contributed by atoms with Crippen LogP contribution in [0.15, 0.2) is 24.4 Å². The van der Waals surface area contributed by atoms with Crippen LogP contribution in [0.2, 0.25) is 0 Å². The Morgan fingerprint density at radius 3 is 2.63 bits per heavy atom. The Morgan fingerprint density at radius 1 is 1.26 bits per heavy atom. The van der Waals surface area contributed by atoms with E-state index in [0.29, 0.717) is 5.92 Å². The van der Waals surface area contributed by atoms with Crippen molar-refractivity contribution in [3.8, 4) is 0 Å². The van der Waals surface area contributed by atoms with Crippen molar-refractivity contribution in [3.63, 3.8) is 0 Å². The number of hydrogen-bond donors (Lipinski definition) is 1. The van der Waals surface area contributed by atoms with E-state index in [1.807, 2.05) is 19.2 Å². The second-order valence-corrected chi connectivity index (χ2v) is 5.48. The zero-order chi connectivity index (χ0) is 14.0. The zero-order valence-electron chi connectivity index (χ0n) is 12.3. The summed E-state index contributed by atoms with van der Waals surface area (Å²) in [5.41, 5.74) is 9.14. The van der Waals surface area contributed by atoms with Gasteiger partial charge in [0.15, 0.2) is 0 Å². The predicted octanol–water partition coefficient (Wildman–Crippen LogP) is 3.61. The van der Waals surface area contributed by atoms with Crippen molar-refractivity contribution in [2.24, 2.45) is 5.92 Å². The molecule has 19 heavy (non-hydrogen) atoms. The number of hydrogen-bond acceptors (Lipinski definition) is 3. The maximum atomic E-state index is 6.06. The van der Waals surface area contributed by atoms with Crippen LogP contribution in [-0.2, 0) is 0 Å². The Bertz CT molecular complexity index is 575. The molecular formula is C16H23N3. The van der Waals surface area contributed by atoms with Crippen LogP contribution >= 0.6 is 0 Å². The Labute approximate surface area is 115 Å². The average Bonchev–Trinajstić information content (AvgIpc) is 2.36. The average molecular weight is 257 g/mol. The normalized spacial score (nSPS) is 11.2. The second kappa shape index (κ2) is 5.47. The molecule has 0 fully saturated rings. The van der Waals surface area contributed by atoms with Crippen molar-refractivity contribution >= 4 is 22.1 Å². The molecule has 0 unspecified atom stereocenters. The molecule has 0 spiro atoms.